The summed E-state index contributed by atoms with van der Waals surface area (Å²) in [5.74, 6) is -1.57. The van der Waals surface area contributed by atoms with Crippen LogP contribution in [0, 0.1) is 5.92 Å². The van der Waals surface area contributed by atoms with Gasteiger partial charge in [-0.3, -0.25) is 24.2 Å². The molecule has 0 aromatic rings. The first kappa shape index (κ1) is 23.3. The molecule has 3 aliphatic heterocycles. The van der Waals surface area contributed by atoms with Crippen LogP contribution in [0.25, 0.3) is 0 Å². The van der Waals surface area contributed by atoms with Gasteiger partial charge in [-0.2, -0.15) is 4.99 Å². The lowest BCUT2D eigenvalue weighted by Crippen LogP contribution is -2.63. The predicted octanol–water partition coefficient (Wildman–Crippen LogP) is 0.481. The largest absolute Gasteiger partial charge is 0.383 e. The summed E-state index contributed by atoms with van der Waals surface area (Å²) in [6, 6.07) is -0.646. The number of hydrogen-bond donors (Lipinski definition) is 1. The Hall–Kier alpha value is -2.85. The van der Waals surface area contributed by atoms with Gasteiger partial charge in [0.2, 0.25) is 11.8 Å². The maximum Gasteiger partial charge on any atom is 0.350 e. The van der Waals surface area contributed by atoms with Crippen molar-refractivity contribution in [3.63, 3.8) is 0 Å². The lowest BCUT2D eigenvalue weighted by Gasteiger charge is -2.48. The number of imide groups is 1. The minimum atomic E-state index is -0.697. The number of urea groups is 1. The van der Waals surface area contributed by atoms with Crippen LogP contribution >= 0.6 is 0 Å². The summed E-state index contributed by atoms with van der Waals surface area (Å²) in [6.45, 7) is 2.92. The van der Waals surface area contributed by atoms with Gasteiger partial charge in [0.25, 0.3) is 5.91 Å². The number of carbonyl (C=O) groups excluding carboxylic acids is 4. The lowest BCUT2D eigenvalue weighted by atomic mass is 9.83. The molecule has 0 saturated carbocycles. The third-order valence-corrected chi connectivity index (χ3v) is 7.14. The second-order valence-corrected chi connectivity index (χ2v) is 8.97. The molecule has 2 saturated heterocycles. The Morgan fingerprint density at radius 3 is 2.48 bits per heavy atom. The Bertz CT molecular complexity index is 926. The fraction of sp³-hybridized carbons (Fsp3) is 0.609. The molecule has 178 valence electrons. The number of aliphatic imine (C=N–C) groups is 1. The third-order valence-electron chi connectivity index (χ3n) is 7.14. The number of rotatable bonds is 6. The molecule has 2 fully saturated rings. The van der Waals surface area contributed by atoms with E-state index in [0.717, 1.165) is 37.3 Å². The van der Waals surface area contributed by atoms with Crippen LogP contribution in [0.4, 0.5) is 4.79 Å². The molecule has 3 heterocycles. The molecule has 1 unspecified atom stereocenters. The van der Waals surface area contributed by atoms with E-state index < -0.39 is 17.5 Å². The monoisotopic (exact) mass is 457 g/mol. The van der Waals surface area contributed by atoms with Crippen molar-refractivity contribution in [3.05, 3.63) is 23.8 Å². The van der Waals surface area contributed by atoms with E-state index >= 15 is 0 Å². The van der Waals surface area contributed by atoms with Gasteiger partial charge in [0.1, 0.15) is 5.54 Å². The molecule has 1 aliphatic carbocycles. The van der Waals surface area contributed by atoms with Crippen LogP contribution in [0.5, 0.6) is 0 Å². The Balaban J connectivity index is 1.45. The van der Waals surface area contributed by atoms with E-state index in [1.807, 2.05) is 0 Å². The fourth-order valence-corrected chi connectivity index (χ4v) is 5.16. The number of methoxy groups -OCH3 is 1. The van der Waals surface area contributed by atoms with Crippen LogP contribution in [-0.2, 0) is 19.1 Å². The van der Waals surface area contributed by atoms with Crippen molar-refractivity contribution in [2.24, 2.45) is 16.6 Å². The van der Waals surface area contributed by atoms with Crippen LogP contribution in [0.3, 0.4) is 0 Å². The highest BCUT2D eigenvalue weighted by molar-refractivity contribution is 6.23. The highest BCUT2D eigenvalue weighted by atomic mass is 16.5. The molecule has 2 N–H and O–H groups in total. The lowest BCUT2D eigenvalue weighted by molar-refractivity contribution is -0.140. The summed E-state index contributed by atoms with van der Waals surface area (Å²) in [6.07, 6.45) is 9.03. The van der Waals surface area contributed by atoms with Crippen LogP contribution < -0.4 is 5.73 Å². The number of primary amides is 1. The van der Waals surface area contributed by atoms with Crippen molar-refractivity contribution in [1.29, 1.82) is 0 Å². The van der Waals surface area contributed by atoms with Gasteiger partial charge in [0, 0.05) is 25.8 Å². The van der Waals surface area contributed by atoms with E-state index in [2.05, 4.69) is 9.89 Å². The van der Waals surface area contributed by atoms with E-state index in [0.29, 0.717) is 31.5 Å². The van der Waals surface area contributed by atoms with E-state index in [1.54, 1.807) is 17.1 Å². The van der Waals surface area contributed by atoms with Crippen molar-refractivity contribution in [2.75, 3.05) is 46.4 Å². The van der Waals surface area contributed by atoms with Gasteiger partial charge in [-0.25, -0.2) is 4.79 Å². The smallest absolute Gasteiger partial charge is 0.350 e. The normalized spacial score (nSPS) is 25.4. The Kier molecular flexibility index (Phi) is 6.76. The van der Waals surface area contributed by atoms with Crippen molar-refractivity contribution >= 4 is 29.5 Å². The summed E-state index contributed by atoms with van der Waals surface area (Å²) in [7, 11) is 1.50. The quantitative estimate of drug-likeness (QED) is 0.618. The number of ether oxygens (including phenoxy) is 1. The number of carbonyl (C=O) groups is 4. The second kappa shape index (κ2) is 9.56. The van der Waals surface area contributed by atoms with Gasteiger partial charge < -0.3 is 15.4 Å². The van der Waals surface area contributed by atoms with E-state index in [9.17, 15) is 19.2 Å². The van der Waals surface area contributed by atoms with Gasteiger partial charge in [-0.1, -0.05) is 18.6 Å². The molecule has 4 aliphatic rings. The van der Waals surface area contributed by atoms with E-state index in [1.165, 1.54) is 13.2 Å². The molecule has 4 rings (SSSR count). The average molecular weight is 458 g/mol. The first-order chi connectivity index (χ1) is 15.9. The number of likely N-dealkylation sites (tertiary alicyclic amines) is 2. The summed E-state index contributed by atoms with van der Waals surface area (Å²) in [5, 5.41) is 0. The molecule has 33 heavy (non-hydrogen) atoms. The summed E-state index contributed by atoms with van der Waals surface area (Å²) in [5.41, 5.74) is 5.80. The number of nitrogens with two attached hydrogens (primary N) is 1. The van der Waals surface area contributed by atoms with Crippen LogP contribution in [-0.4, -0.2) is 96.1 Å². The van der Waals surface area contributed by atoms with Crippen molar-refractivity contribution in [1.82, 2.24) is 14.7 Å². The van der Waals surface area contributed by atoms with Crippen molar-refractivity contribution in [2.45, 2.75) is 37.6 Å². The first-order valence-corrected chi connectivity index (χ1v) is 11.5. The van der Waals surface area contributed by atoms with Gasteiger partial charge in [-0.05, 0) is 44.8 Å². The van der Waals surface area contributed by atoms with Crippen LogP contribution in [0.2, 0.25) is 0 Å². The molecule has 10 heteroatoms. The minimum Gasteiger partial charge on any atom is -0.383 e. The number of piperidine rings is 2. The molecule has 0 aromatic heterocycles. The van der Waals surface area contributed by atoms with Gasteiger partial charge in [0.15, 0.2) is 0 Å². The number of nitrogens with zero attached hydrogens (tertiary/aromatic N) is 4. The molecule has 0 bridgehead atoms. The fourth-order valence-electron chi connectivity index (χ4n) is 5.16. The molecule has 0 aromatic carbocycles. The number of amides is 5. The van der Waals surface area contributed by atoms with Crippen molar-refractivity contribution in [3.8, 4) is 0 Å². The average Bonchev–Trinajstić information content (AvgIpc) is 2.83. The minimum absolute atomic E-state index is 0.136. The molecule has 0 spiro atoms. The SMILES string of the molecule is COCCN1C(=O)N=C2C=C(C(=O)N3CCC(C(N)=O)(N4CCCCC4)CC3)C=CC2C1=O. The zero-order valence-electron chi connectivity index (χ0n) is 19.0. The zero-order valence-corrected chi connectivity index (χ0v) is 19.0. The van der Waals surface area contributed by atoms with Crippen molar-refractivity contribution < 1.29 is 23.9 Å². The number of hydrogen-bond acceptors (Lipinski definition) is 6. The summed E-state index contributed by atoms with van der Waals surface area (Å²) < 4.78 is 4.95. The number of fused-ring (bicyclic) bond motifs is 1. The topological polar surface area (TPSA) is 126 Å². The maximum atomic E-state index is 13.2. The highest BCUT2D eigenvalue weighted by Crippen LogP contribution is 2.32. The van der Waals surface area contributed by atoms with Gasteiger partial charge >= 0.3 is 6.03 Å². The molecule has 10 nitrogen and oxygen atoms in total. The number of allylic oxidation sites excluding steroid dienone is 1. The first-order valence-electron chi connectivity index (χ1n) is 11.5. The molecule has 0 radical (unpaired) electrons. The van der Waals surface area contributed by atoms with Gasteiger partial charge in [-0.15, -0.1) is 0 Å². The van der Waals surface area contributed by atoms with E-state index in [-0.39, 0.29) is 36.6 Å². The summed E-state index contributed by atoms with van der Waals surface area (Å²) >= 11 is 0. The summed E-state index contributed by atoms with van der Waals surface area (Å²) in [4.78, 5) is 59.6. The Morgan fingerprint density at radius 2 is 1.85 bits per heavy atom. The third kappa shape index (κ3) is 4.37. The van der Waals surface area contributed by atoms with Gasteiger partial charge in [0.05, 0.1) is 24.8 Å². The van der Waals surface area contributed by atoms with E-state index in [4.69, 9.17) is 10.5 Å². The van der Waals surface area contributed by atoms with Crippen LogP contribution in [0.1, 0.15) is 32.1 Å². The predicted molar refractivity (Wildman–Crippen MR) is 120 cm³/mol. The standard InChI is InChI=1S/C23H31N5O5/c1-33-14-13-28-20(30)17-6-5-16(15-18(17)25-22(28)32)19(29)26-11-7-23(8-12-26,21(24)31)27-9-3-2-4-10-27/h5-6,15,17H,2-4,7-14H2,1H3,(H2,24,31). The molecular weight excluding hydrogens is 426 g/mol. The Labute approximate surface area is 193 Å². The highest BCUT2D eigenvalue weighted by Gasteiger charge is 2.46. The zero-order chi connectivity index (χ0) is 23.6. The van der Waals surface area contributed by atoms with Crippen LogP contribution in [0.15, 0.2) is 28.8 Å². The molecular formula is C23H31N5O5. The molecule has 1 atom stereocenters. The second-order valence-electron chi connectivity index (χ2n) is 8.97. The Morgan fingerprint density at radius 1 is 1.15 bits per heavy atom. The maximum absolute atomic E-state index is 13.2. The molecule has 5 amide bonds.